The van der Waals surface area contributed by atoms with Gasteiger partial charge in [0.2, 0.25) is 0 Å². The van der Waals surface area contributed by atoms with Crippen LogP contribution in [-0.4, -0.2) is 30.0 Å². The number of carbonyl (C=O) groups is 1. The smallest absolute Gasteiger partial charge is 0.276 e. The molecule has 0 fully saturated rings. The number of rotatable bonds is 5. The molecule has 0 spiro atoms. The molecular formula is C23H17FN6OS. The number of anilines is 1. The minimum Gasteiger partial charge on any atom is -0.333 e. The highest BCUT2D eigenvalue weighted by Crippen LogP contribution is 2.38. The molecule has 0 radical (unpaired) electrons. The summed E-state index contributed by atoms with van der Waals surface area (Å²) in [6.07, 6.45) is 6.56. The highest BCUT2D eigenvalue weighted by atomic mass is 32.1. The zero-order chi connectivity index (χ0) is 22.1. The third-order valence-electron chi connectivity index (χ3n) is 4.90. The molecule has 0 atom stereocenters. The van der Waals surface area contributed by atoms with E-state index in [0.717, 1.165) is 22.0 Å². The van der Waals surface area contributed by atoms with Gasteiger partial charge in [-0.05, 0) is 24.3 Å². The number of benzene rings is 2. The standard InChI is InChI=1S/C23H17FN6OS/c1-29-12-11-26-21(29)20-19(15-5-3-2-4-6-15)27-23(32-20)28-22(31)18-13-25-14-30(18)17-9-7-16(24)8-10-17/h2-14H,1H3,(H,27,28,31). The normalized spacial score (nSPS) is 10.9. The van der Waals surface area contributed by atoms with Crippen LogP contribution in [0.4, 0.5) is 9.52 Å². The zero-order valence-electron chi connectivity index (χ0n) is 16.9. The summed E-state index contributed by atoms with van der Waals surface area (Å²) in [5.74, 6) is 0.0442. The van der Waals surface area contributed by atoms with E-state index in [-0.39, 0.29) is 11.7 Å². The molecule has 0 saturated heterocycles. The molecule has 1 amide bonds. The fourth-order valence-electron chi connectivity index (χ4n) is 3.33. The second kappa shape index (κ2) is 8.20. The summed E-state index contributed by atoms with van der Waals surface area (Å²) in [4.78, 5) is 27.1. The molecule has 1 N–H and O–H groups in total. The van der Waals surface area contributed by atoms with Crippen molar-refractivity contribution in [2.75, 3.05) is 5.32 Å². The van der Waals surface area contributed by atoms with Crippen LogP contribution in [0, 0.1) is 5.82 Å². The maximum absolute atomic E-state index is 13.3. The molecule has 32 heavy (non-hydrogen) atoms. The quantitative estimate of drug-likeness (QED) is 0.423. The number of aryl methyl sites for hydroxylation is 1. The van der Waals surface area contributed by atoms with Gasteiger partial charge in [-0.2, -0.15) is 0 Å². The van der Waals surface area contributed by atoms with E-state index in [0.29, 0.717) is 16.5 Å². The highest BCUT2D eigenvalue weighted by Gasteiger charge is 2.21. The molecule has 3 aromatic heterocycles. The number of thiazole rings is 1. The summed E-state index contributed by atoms with van der Waals surface area (Å²) in [5.41, 5.74) is 2.62. The van der Waals surface area contributed by atoms with E-state index >= 15 is 0 Å². The number of halogens is 1. The molecule has 0 aliphatic carbocycles. The molecule has 0 bridgehead atoms. The predicted molar refractivity (Wildman–Crippen MR) is 121 cm³/mol. The molecule has 158 valence electrons. The Labute approximate surface area is 186 Å². The van der Waals surface area contributed by atoms with Crippen molar-refractivity contribution in [2.24, 2.45) is 7.05 Å². The number of nitrogens with one attached hydrogen (secondary N) is 1. The van der Waals surface area contributed by atoms with E-state index < -0.39 is 0 Å². The van der Waals surface area contributed by atoms with E-state index in [2.05, 4.69) is 15.3 Å². The summed E-state index contributed by atoms with van der Waals surface area (Å²) in [6.45, 7) is 0. The van der Waals surface area contributed by atoms with Crippen molar-refractivity contribution in [1.82, 2.24) is 24.1 Å². The van der Waals surface area contributed by atoms with Crippen LogP contribution in [0.1, 0.15) is 10.5 Å². The van der Waals surface area contributed by atoms with Crippen LogP contribution in [0.3, 0.4) is 0 Å². The predicted octanol–water partition coefficient (Wildman–Crippen LogP) is 4.79. The Morgan fingerprint density at radius 1 is 1.09 bits per heavy atom. The third kappa shape index (κ3) is 3.69. The first kappa shape index (κ1) is 19.8. The topological polar surface area (TPSA) is 77.6 Å². The van der Waals surface area contributed by atoms with Gasteiger partial charge in [0.05, 0.1) is 23.1 Å². The molecule has 0 aliphatic rings. The Kier molecular flexibility index (Phi) is 5.08. The monoisotopic (exact) mass is 444 g/mol. The minimum atomic E-state index is -0.369. The molecule has 7 nitrogen and oxygen atoms in total. The second-order valence-electron chi connectivity index (χ2n) is 7.00. The van der Waals surface area contributed by atoms with Gasteiger partial charge in [0.15, 0.2) is 11.0 Å². The second-order valence-corrected chi connectivity index (χ2v) is 8.00. The van der Waals surface area contributed by atoms with Crippen LogP contribution in [0.15, 0.2) is 79.5 Å². The SMILES string of the molecule is Cn1ccnc1-c1sc(NC(=O)c2cncn2-c2ccc(F)cc2)nc1-c1ccccc1. The summed E-state index contributed by atoms with van der Waals surface area (Å²) in [7, 11) is 1.91. The summed E-state index contributed by atoms with van der Waals surface area (Å²) < 4.78 is 16.8. The number of carbonyl (C=O) groups excluding carboxylic acids is 1. The number of aromatic nitrogens is 5. The Morgan fingerprint density at radius 3 is 2.59 bits per heavy atom. The van der Waals surface area contributed by atoms with Crippen molar-refractivity contribution in [3.63, 3.8) is 0 Å². The lowest BCUT2D eigenvalue weighted by atomic mass is 10.1. The minimum absolute atomic E-state index is 0.312. The molecule has 0 aliphatic heterocycles. The van der Waals surface area contributed by atoms with Crippen molar-refractivity contribution >= 4 is 22.4 Å². The lowest BCUT2D eigenvalue weighted by Crippen LogP contribution is -2.16. The van der Waals surface area contributed by atoms with Gasteiger partial charge < -0.3 is 4.57 Å². The van der Waals surface area contributed by atoms with E-state index in [1.54, 1.807) is 22.9 Å². The molecule has 3 heterocycles. The molecular weight excluding hydrogens is 427 g/mol. The van der Waals surface area contributed by atoms with Gasteiger partial charge >= 0.3 is 0 Å². The number of hydrogen-bond donors (Lipinski definition) is 1. The largest absolute Gasteiger partial charge is 0.333 e. The van der Waals surface area contributed by atoms with Gasteiger partial charge in [-0.25, -0.2) is 19.3 Å². The number of imidazole rings is 2. The van der Waals surface area contributed by atoms with Crippen molar-refractivity contribution < 1.29 is 9.18 Å². The maximum atomic E-state index is 13.3. The summed E-state index contributed by atoms with van der Waals surface area (Å²) in [5, 5.41) is 3.32. The van der Waals surface area contributed by atoms with E-state index in [9.17, 15) is 9.18 Å². The molecule has 9 heteroatoms. The molecule has 0 unspecified atom stereocenters. The summed E-state index contributed by atoms with van der Waals surface area (Å²) >= 11 is 1.35. The Morgan fingerprint density at radius 2 is 1.88 bits per heavy atom. The van der Waals surface area contributed by atoms with Crippen LogP contribution in [-0.2, 0) is 7.05 Å². The van der Waals surface area contributed by atoms with Crippen LogP contribution < -0.4 is 5.32 Å². The van der Waals surface area contributed by atoms with Crippen molar-refractivity contribution in [3.05, 3.63) is 91.0 Å². The molecule has 5 aromatic rings. The fraction of sp³-hybridized carbons (Fsp3) is 0.0435. The first-order valence-corrected chi connectivity index (χ1v) is 10.6. The van der Waals surface area contributed by atoms with Crippen LogP contribution >= 0.6 is 11.3 Å². The lowest BCUT2D eigenvalue weighted by molar-refractivity contribution is 0.102. The Hall–Kier alpha value is -4.11. The number of amides is 1. The van der Waals surface area contributed by atoms with Crippen molar-refractivity contribution in [1.29, 1.82) is 0 Å². The molecule has 0 saturated carbocycles. The fourth-order valence-corrected chi connectivity index (χ4v) is 4.36. The van der Waals surface area contributed by atoms with Gasteiger partial charge in [-0.15, -0.1) is 0 Å². The summed E-state index contributed by atoms with van der Waals surface area (Å²) in [6, 6.07) is 15.6. The third-order valence-corrected chi connectivity index (χ3v) is 5.86. The number of hydrogen-bond acceptors (Lipinski definition) is 5. The first-order chi connectivity index (χ1) is 15.6. The van der Waals surface area contributed by atoms with Gasteiger partial charge in [0, 0.05) is 30.7 Å². The maximum Gasteiger partial charge on any atom is 0.276 e. The highest BCUT2D eigenvalue weighted by molar-refractivity contribution is 7.19. The van der Waals surface area contributed by atoms with Gasteiger partial charge in [-0.1, -0.05) is 41.7 Å². The van der Waals surface area contributed by atoms with Crippen LogP contribution in [0.25, 0.3) is 27.6 Å². The Bertz CT molecular complexity index is 1390. The van der Waals surface area contributed by atoms with E-state index in [4.69, 9.17) is 4.98 Å². The average molecular weight is 444 g/mol. The average Bonchev–Trinajstić information content (AvgIpc) is 3.54. The van der Waals surface area contributed by atoms with Gasteiger partial charge in [0.1, 0.15) is 11.5 Å². The lowest BCUT2D eigenvalue weighted by Gasteiger charge is -2.07. The number of nitrogens with zero attached hydrogens (tertiary/aromatic N) is 5. The molecule has 2 aromatic carbocycles. The first-order valence-electron chi connectivity index (χ1n) is 9.74. The van der Waals surface area contributed by atoms with E-state index in [1.165, 1.54) is 36.0 Å². The van der Waals surface area contributed by atoms with Gasteiger partial charge in [-0.3, -0.25) is 14.7 Å². The molecule has 5 rings (SSSR count). The Balaban J connectivity index is 1.50. The van der Waals surface area contributed by atoms with Crippen molar-refractivity contribution in [2.45, 2.75) is 0 Å². The van der Waals surface area contributed by atoms with Crippen LogP contribution in [0.2, 0.25) is 0 Å². The zero-order valence-corrected chi connectivity index (χ0v) is 17.8. The van der Waals surface area contributed by atoms with Gasteiger partial charge in [0.25, 0.3) is 5.91 Å². The van der Waals surface area contributed by atoms with Crippen LogP contribution in [0.5, 0.6) is 0 Å². The van der Waals surface area contributed by atoms with Crippen molar-refractivity contribution in [3.8, 4) is 27.6 Å². The van der Waals surface area contributed by atoms with E-state index in [1.807, 2.05) is 48.1 Å².